The number of hydrogen-bond acceptors (Lipinski definition) is 4. The molecule has 40 valence electrons. The first-order valence-electron chi connectivity index (χ1n) is 1.13. The molecule has 7 heavy (non-hydrogen) atoms. The van der Waals surface area contributed by atoms with Gasteiger partial charge in [0, 0.05) is 5.16 Å². The quantitative estimate of drug-likeness (QED) is 0.230. The van der Waals surface area contributed by atoms with Gasteiger partial charge in [0.05, 0.1) is 0 Å². The smallest absolute Gasteiger partial charge is 0.273 e. The van der Waals surface area contributed by atoms with Crippen LogP contribution in [0.15, 0.2) is 5.16 Å². The molecule has 0 saturated carbocycles. The van der Waals surface area contributed by atoms with Gasteiger partial charge in [0.25, 0.3) is 6.08 Å². The first-order chi connectivity index (χ1) is 3.27. The molecule has 0 saturated heterocycles. The van der Waals surface area contributed by atoms with Crippen LogP contribution in [0.5, 0.6) is 0 Å². The molecule has 0 aromatic carbocycles. The van der Waals surface area contributed by atoms with Gasteiger partial charge >= 0.3 is 11.4 Å². The molecule has 5 nitrogen and oxygen atoms in total. The van der Waals surface area contributed by atoms with Crippen molar-refractivity contribution >= 4 is 17.4 Å². The average Bonchev–Trinajstić information content (AvgIpc) is 1.61. The molecule has 0 radical (unpaired) electrons. The lowest BCUT2D eigenvalue weighted by Gasteiger charge is -1.77. The van der Waals surface area contributed by atoms with Gasteiger partial charge < -0.3 is 0 Å². The zero-order valence-electron chi connectivity index (χ0n) is 3.03. The Hall–Kier alpha value is -0.710. The molecule has 1 N–H and O–H groups in total. The summed E-state index contributed by atoms with van der Waals surface area (Å²) in [6.07, 6.45) is 0.899. The maximum absolute atomic E-state index is 9.37. The minimum absolute atomic E-state index is 0.899. The van der Waals surface area contributed by atoms with Crippen LogP contribution in [0.1, 0.15) is 0 Å². The Morgan fingerprint density at radius 1 is 1.86 bits per heavy atom. The van der Waals surface area contributed by atoms with Gasteiger partial charge in [0.15, 0.2) is 0 Å². The molecule has 0 rings (SSSR count). The summed E-state index contributed by atoms with van der Waals surface area (Å²) < 4.78 is 20.5. The summed E-state index contributed by atoms with van der Waals surface area (Å²) in [6, 6.07) is 0. The Morgan fingerprint density at radius 2 is 2.43 bits per heavy atom. The molecule has 1 atom stereocenters. The highest BCUT2D eigenvalue weighted by Gasteiger charge is 1.83. The van der Waals surface area contributed by atoms with Gasteiger partial charge in [-0.2, -0.15) is 4.21 Å². The van der Waals surface area contributed by atoms with Gasteiger partial charge in [-0.05, 0) is 0 Å². The van der Waals surface area contributed by atoms with Crippen LogP contribution in [0.3, 0.4) is 0 Å². The van der Waals surface area contributed by atoms with Crippen molar-refractivity contribution in [2.45, 2.75) is 0 Å². The molecule has 0 heterocycles. The Kier molecular flexibility index (Phi) is 3.13. The second kappa shape index (κ2) is 3.48. The normalized spacial score (nSPS) is 11.6. The zero-order chi connectivity index (χ0) is 5.70. The van der Waals surface area contributed by atoms with E-state index in [0.717, 1.165) is 6.08 Å². The van der Waals surface area contributed by atoms with E-state index in [1.165, 1.54) is 0 Å². The van der Waals surface area contributed by atoms with Gasteiger partial charge in [-0.1, -0.05) is 0 Å². The van der Waals surface area contributed by atoms with Crippen molar-refractivity contribution in [3.8, 4) is 0 Å². The van der Waals surface area contributed by atoms with Crippen molar-refractivity contribution < 1.29 is 17.8 Å². The van der Waals surface area contributed by atoms with Crippen molar-refractivity contribution in [1.29, 1.82) is 0 Å². The van der Waals surface area contributed by atoms with E-state index in [1.807, 2.05) is 0 Å². The molecule has 0 fully saturated rings. The second-order valence-corrected chi connectivity index (χ2v) is 1.06. The van der Waals surface area contributed by atoms with E-state index in [2.05, 4.69) is 9.44 Å². The van der Waals surface area contributed by atoms with Gasteiger partial charge in [-0.15, -0.1) is 0 Å². The van der Waals surface area contributed by atoms with Crippen molar-refractivity contribution in [2.24, 2.45) is 5.16 Å². The predicted molar refractivity (Wildman–Crippen MR) is 20.0 cm³/mol. The number of nitrogens with zero attached hydrogens (tertiary/aromatic N) is 1. The number of hydrogen-bond donors (Lipinski definition) is 1. The minimum atomic E-state index is -2.49. The summed E-state index contributed by atoms with van der Waals surface area (Å²) >= 11 is -2.49. The summed E-state index contributed by atoms with van der Waals surface area (Å²) in [4.78, 5) is 9.05. The largest absolute Gasteiger partial charge is 0.379 e. The van der Waals surface area contributed by atoms with Gasteiger partial charge in [-0.25, -0.2) is 4.79 Å². The van der Waals surface area contributed by atoms with Crippen LogP contribution in [0, 0.1) is 0 Å². The SMILES string of the molecule is O=C=NOS(=O)O. The summed E-state index contributed by atoms with van der Waals surface area (Å²) in [5, 5.41) is 2.32. The lowest BCUT2D eigenvalue weighted by atomic mass is 11.7. The van der Waals surface area contributed by atoms with Gasteiger partial charge in [-0.3, -0.25) is 8.84 Å². The third-order valence-electron chi connectivity index (χ3n) is 0.138. The Labute approximate surface area is 41.5 Å². The fraction of sp³-hybridized carbons (Fsp3) is 0. The Morgan fingerprint density at radius 3 is 2.57 bits per heavy atom. The molecule has 0 amide bonds. The summed E-state index contributed by atoms with van der Waals surface area (Å²) in [6.45, 7) is 0. The van der Waals surface area contributed by atoms with Crippen LogP contribution in [0.4, 0.5) is 0 Å². The van der Waals surface area contributed by atoms with Gasteiger partial charge in [0.2, 0.25) is 0 Å². The fourth-order valence-corrected chi connectivity index (χ4v) is 0.141. The lowest BCUT2D eigenvalue weighted by Crippen LogP contribution is -1.84. The monoisotopic (exact) mass is 123 g/mol. The highest BCUT2D eigenvalue weighted by molar-refractivity contribution is 7.74. The van der Waals surface area contributed by atoms with Crippen LogP contribution >= 0.6 is 0 Å². The van der Waals surface area contributed by atoms with E-state index in [9.17, 15) is 4.21 Å². The molecule has 0 spiro atoms. The van der Waals surface area contributed by atoms with Crippen LogP contribution in [0.2, 0.25) is 0 Å². The summed E-state index contributed by atoms with van der Waals surface area (Å²) in [7, 11) is 0. The standard InChI is InChI=1S/CHNO4S/c3-1-2-6-7(4)5/h(H,4,5). The van der Waals surface area contributed by atoms with E-state index >= 15 is 0 Å². The number of isocyanates is 1. The second-order valence-electron chi connectivity index (χ2n) is 0.474. The highest BCUT2D eigenvalue weighted by Crippen LogP contribution is 1.73. The van der Waals surface area contributed by atoms with Crippen LogP contribution in [-0.4, -0.2) is 14.8 Å². The Balaban J connectivity index is 3.32. The first-order valence-corrected chi connectivity index (χ1v) is 2.16. The summed E-state index contributed by atoms with van der Waals surface area (Å²) in [5.41, 5.74) is 0. The van der Waals surface area contributed by atoms with Crippen molar-refractivity contribution in [2.75, 3.05) is 0 Å². The first kappa shape index (κ1) is 6.29. The van der Waals surface area contributed by atoms with Crippen molar-refractivity contribution in [3.05, 3.63) is 0 Å². The van der Waals surface area contributed by atoms with E-state index in [1.54, 1.807) is 0 Å². The van der Waals surface area contributed by atoms with Crippen LogP contribution in [-0.2, 0) is 20.4 Å². The molecule has 1 unspecified atom stereocenters. The third kappa shape index (κ3) is 5.29. The van der Waals surface area contributed by atoms with Crippen molar-refractivity contribution in [1.82, 2.24) is 0 Å². The maximum Gasteiger partial charge on any atom is 0.379 e. The van der Waals surface area contributed by atoms with E-state index < -0.39 is 11.4 Å². The molecule has 0 aliphatic heterocycles. The summed E-state index contributed by atoms with van der Waals surface area (Å²) in [5.74, 6) is 0. The highest BCUT2D eigenvalue weighted by atomic mass is 32.2. The van der Waals surface area contributed by atoms with Crippen LogP contribution < -0.4 is 0 Å². The van der Waals surface area contributed by atoms with E-state index in [-0.39, 0.29) is 0 Å². The molecular formula is CHNO4S. The van der Waals surface area contributed by atoms with Crippen molar-refractivity contribution in [3.63, 3.8) is 0 Å². The Bertz CT molecular complexity index is 115. The third-order valence-corrected chi connectivity index (χ3v) is 0.340. The minimum Gasteiger partial charge on any atom is -0.273 e. The predicted octanol–water partition coefficient (Wildman–Crippen LogP) is -0.609. The number of carbonyl (C=O) groups excluding carboxylic acids is 1. The molecule has 0 aromatic heterocycles. The topological polar surface area (TPSA) is 76.0 Å². The molecular weight excluding hydrogens is 122 g/mol. The molecule has 6 heteroatoms. The van der Waals surface area contributed by atoms with Gasteiger partial charge in [0.1, 0.15) is 0 Å². The molecule has 0 aromatic rings. The molecule has 0 aliphatic carbocycles. The van der Waals surface area contributed by atoms with Crippen LogP contribution in [0.25, 0.3) is 0 Å². The molecule has 0 bridgehead atoms. The maximum atomic E-state index is 9.37. The lowest BCUT2D eigenvalue weighted by molar-refractivity contribution is 0.322. The number of rotatable bonds is 2. The fourth-order valence-electron chi connectivity index (χ4n) is 0.0471. The molecule has 0 aliphatic rings. The van der Waals surface area contributed by atoms with E-state index in [0.29, 0.717) is 0 Å². The zero-order valence-corrected chi connectivity index (χ0v) is 3.84. The van der Waals surface area contributed by atoms with E-state index in [4.69, 9.17) is 9.35 Å². The average molecular weight is 123 g/mol.